The Morgan fingerprint density at radius 2 is 1.69 bits per heavy atom. The van der Waals surface area contributed by atoms with E-state index in [1.165, 1.54) is 0 Å². The zero-order valence-electron chi connectivity index (χ0n) is 13.2. The molecule has 4 rings (SSSR count). The van der Waals surface area contributed by atoms with Crippen LogP contribution in [0.4, 0.5) is 6.01 Å². The molecule has 1 aliphatic heterocycles. The number of anilines is 1. The minimum atomic E-state index is -0.629. The lowest BCUT2D eigenvalue weighted by Crippen LogP contribution is -2.37. The highest BCUT2D eigenvalue weighted by molar-refractivity contribution is 6.22. The Hall–Kier alpha value is -3.88. The molecule has 0 spiro atoms. The number of amides is 3. The second kappa shape index (κ2) is 6.20. The van der Waals surface area contributed by atoms with E-state index in [2.05, 4.69) is 20.5 Å². The van der Waals surface area contributed by atoms with Crippen molar-refractivity contribution in [2.75, 3.05) is 11.9 Å². The molecule has 128 valence electrons. The van der Waals surface area contributed by atoms with Crippen LogP contribution in [0.1, 0.15) is 20.7 Å². The predicted molar refractivity (Wildman–Crippen MR) is 88.0 cm³/mol. The number of carbonyl (C=O) groups is 3. The van der Waals surface area contributed by atoms with Crippen molar-refractivity contribution in [3.8, 4) is 11.6 Å². The standard InChI is InChI=1S/C17H11N5O4/c23-13(9-22-15(24)10-5-1-2-6-11(10)16(22)25)19-17-21-20-14(26-17)12-7-3-4-8-18-12/h1-8H,9H2,(H,19,21,23). The highest BCUT2D eigenvalue weighted by atomic mass is 16.4. The smallest absolute Gasteiger partial charge is 0.322 e. The normalized spacial score (nSPS) is 13.0. The number of hydrogen-bond acceptors (Lipinski definition) is 7. The molecule has 1 N–H and O–H groups in total. The van der Waals surface area contributed by atoms with Gasteiger partial charge in [-0.1, -0.05) is 23.3 Å². The number of fused-ring (bicyclic) bond motifs is 1. The Morgan fingerprint density at radius 3 is 2.35 bits per heavy atom. The van der Waals surface area contributed by atoms with E-state index in [0.29, 0.717) is 5.69 Å². The fourth-order valence-electron chi connectivity index (χ4n) is 2.55. The molecule has 3 aromatic rings. The molecular formula is C17H11N5O4. The number of nitrogens with zero attached hydrogens (tertiary/aromatic N) is 4. The van der Waals surface area contributed by atoms with Gasteiger partial charge in [0.2, 0.25) is 5.91 Å². The number of benzene rings is 1. The number of hydrogen-bond donors (Lipinski definition) is 1. The van der Waals surface area contributed by atoms with Crippen LogP contribution in [0.5, 0.6) is 0 Å². The van der Waals surface area contributed by atoms with Crippen LogP contribution in [0.15, 0.2) is 53.1 Å². The summed E-state index contributed by atoms with van der Waals surface area (Å²) >= 11 is 0. The summed E-state index contributed by atoms with van der Waals surface area (Å²) in [6.45, 7) is -0.451. The van der Waals surface area contributed by atoms with E-state index >= 15 is 0 Å². The molecule has 26 heavy (non-hydrogen) atoms. The molecule has 0 aliphatic carbocycles. The molecule has 0 saturated carbocycles. The quantitative estimate of drug-likeness (QED) is 0.707. The van der Waals surface area contributed by atoms with Crippen molar-refractivity contribution in [3.63, 3.8) is 0 Å². The van der Waals surface area contributed by atoms with Gasteiger partial charge in [-0.15, -0.1) is 5.10 Å². The number of imide groups is 1. The Morgan fingerprint density at radius 1 is 1.00 bits per heavy atom. The van der Waals surface area contributed by atoms with Gasteiger partial charge in [-0.25, -0.2) is 0 Å². The van der Waals surface area contributed by atoms with Gasteiger partial charge in [0.05, 0.1) is 11.1 Å². The van der Waals surface area contributed by atoms with Crippen LogP contribution in [0.25, 0.3) is 11.6 Å². The number of carbonyl (C=O) groups excluding carboxylic acids is 3. The van der Waals surface area contributed by atoms with E-state index in [4.69, 9.17) is 4.42 Å². The molecule has 3 heterocycles. The zero-order chi connectivity index (χ0) is 18.1. The third-order valence-corrected chi connectivity index (χ3v) is 3.74. The maximum absolute atomic E-state index is 12.2. The molecule has 0 radical (unpaired) electrons. The Kier molecular flexibility index (Phi) is 3.73. The van der Waals surface area contributed by atoms with Crippen LogP contribution in [0, 0.1) is 0 Å². The van der Waals surface area contributed by atoms with Gasteiger partial charge in [-0.05, 0) is 24.3 Å². The van der Waals surface area contributed by atoms with Crippen molar-refractivity contribution < 1.29 is 18.8 Å². The largest absolute Gasteiger partial charge is 0.401 e. The van der Waals surface area contributed by atoms with Crippen molar-refractivity contribution >= 4 is 23.7 Å². The highest BCUT2D eigenvalue weighted by Gasteiger charge is 2.36. The average molecular weight is 349 g/mol. The fourth-order valence-corrected chi connectivity index (χ4v) is 2.55. The van der Waals surface area contributed by atoms with E-state index in [1.54, 1.807) is 48.7 Å². The summed E-state index contributed by atoms with van der Waals surface area (Å²) in [6.07, 6.45) is 1.57. The van der Waals surface area contributed by atoms with Crippen LogP contribution in [0.3, 0.4) is 0 Å². The third kappa shape index (κ3) is 2.71. The summed E-state index contributed by atoms with van der Waals surface area (Å²) in [5.74, 6) is -1.52. The van der Waals surface area contributed by atoms with Gasteiger partial charge in [-0.3, -0.25) is 29.6 Å². The Bertz CT molecular complexity index is 980. The third-order valence-electron chi connectivity index (χ3n) is 3.74. The van der Waals surface area contributed by atoms with E-state index in [0.717, 1.165) is 4.90 Å². The Balaban J connectivity index is 1.45. The minimum absolute atomic E-state index is 0.140. The Labute approximate surface area is 146 Å². The first-order valence-electron chi connectivity index (χ1n) is 7.63. The summed E-state index contributed by atoms with van der Waals surface area (Å²) in [5.41, 5.74) is 1.02. The van der Waals surface area contributed by atoms with Crippen LogP contribution in [-0.2, 0) is 4.79 Å². The topological polar surface area (TPSA) is 118 Å². The summed E-state index contributed by atoms with van der Waals surface area (Å²) in [4.78, 5) is 41.6. The minimum Gasteiger partial charge on any atom is -0.401 e. The SMILES string of the molecule is O=C(CN1C(=O)c2ccccc2C1=O)Nc1nnc(-c2ccccn2)o1. The summed E-state index contributed by atoms with van der Waals surface area (Å²) in [7, 11) is 0. The molecule has 0 saturated heterocycles. The number of rotatable bonds is 4. The van der Waals surface area contributed by atoms with Crippen molar-refractivity contribution in [3.05, 3.63) is 59.8 Å². The molecule has 9 nitrogen and oxygen atoms in total. The summed E-state index contributed by atoms with van der Waals surface area (Å²) in [6, 6.07) is 11.4. The van der Waals surface area contributed by atoms with Gasteiger partial charge in [-0.2, -0.15) is 0 Å². The lowest BCUT2D eigenvalue weighted by atomic mass is 10.1. The van der Waals surface area contributed by atoms with Gasteiger partial charge in [0.1, 0.15) is 12.2 Å². The van der Waals surface area contributed by atoms with Crippen LogP contribution < -0.4 is 5.32 Å². The first kappa shape index (κ1) is 15.6. The second-order valence-corrected chi connectivity index (χ2v) is 5.42. The lowest BCUT2D eigenvalue weighted by molar-refractivity contribution is -0.116. The summed E-state index contributed by atoms with van der Waals surface area (Å²) < 4.78 is 5.32. The molecule has 9 heteroatoms. The number of nitrogens with one attached hydrogen (secondary N) is 1. The lowest BCUT2D eigenvalue weighted by Gasteiger charge is -2.12. The summed E-state index contributed by atoms with van der Waals surface area (Å²) in [5, 5.41) is 9.87. The maximum Gasteiger partial charge on any atom is 0.322 e. The van der Waals surface area contributed by atoms with Crippen molar-refractivity contribution in [2.24, 2.45) is 0 Å². The zero-order valence-corrected chi connectivity index (χ0v) is 13.2. The molecule has 3 amide bonds. The van der Waals surface area contributed by atoms with E-state index in [1.807, 2.05) is 0 Å². The molecule has 1 aromatic carbocycles. The second-order valence-electron chi connectivity index (χ2n) is 5.42. The van der Waals surface area contributed by atoms with Crippen molar-refractivity contribution in [2.45, 2.75) is 0 Å². The number of aromatic nitrogens is 3. The first-order valence-corrected chi connectivity index (χ1v) is 7.63. The molecule has 0 bridgehead atoms. The first-order chi connectivity index (χ1) is 12.6. The van der Waals surface area contributed by atoms with E-state index < -0.39 is 24.3 Å². The van der Waals surface area contributed by atoms with Gasteiger partial charge in [0, 0.05) is 6.20 Å². The van der Waals surface area contributed by atoms with Crippen LogP contribution in [-0.4, -0.2) is 44.3 Å². The van der Waals surface area contributed by atoms with Gasteiger partial charge < -0.3 is 4.42 Å². The molecule has 0 unspecified atom stereocenters. The highest BCUT2D eigenvalue weighted by Crippen LogP contribution is 2.22. The van der Waals surface area contributed by atoms with Crippen molar-refractivity contribution in [1.82, 2.24) is 20.1 Å². The molecule has 1 aliphatic rings. The average Bonchev–Trinajstić information content (AvgIpc) is 3.22. The van der Waals surface area contributed by atoms with E-state index in [9.17, 15) is 14.4 Å². The van der Waals surface area contributed by atoms with Crippen LogP contribution >= 0.6 is 0 Å². The molecule has 2 aromatic heterocycles. The molecule has 0 atom stereocenters. The monoisotopic (exact) mass is 349 g/mol. The van der Waals surface area contributed by atoms with E-state index in [-0.39, 0.29) is 23.0 Å². The molecular weight excluding hydrogens is 338 g/mol. The van der Waals surface area contributed by atoms with Crippen LogP contribution in [0.2, 0.25) is 0 Å². The number of pyridine rings is 1. The predicted octanol–water partition coefficient (Wildman–Crippen LogP) is 1.37. The maximum atomic E-state index is 12.2. The van der Waals surface area contributed by atoms with Crippen molar-refractivity contribution in [1.29, 1.82) is 0 Å². The fraction of sp³-hybridized carbons (Fsp3) is 0.0588. The van der Waals surface area contributed by atoms with Gasteiger partial charge in [0.25, 0.3) is 17.7 Å². The van der Waals surface area contributed by atoms with Gasteiger partial charge in [0.15, 0.2) is 0 Å². The van der Waals surface area contributed by atoms with Gasteiger partial charge >= 0.3 is 6.01 Å². The molecule has 0 fully saturated rings.